The molecule has 0 bridgehead atoms. The molecule has 4 nitrogen and oxygen atoms in total. The Kier molecular flexibility index (Phi) is 11.8. The molecule has 1 aromatic rings. The molecule has 0 saturated carbocycles. The van der Waals surface area contributed by atoms with Gasteiger partial charge in [-0.1, -0.05) is 32.9 Å². The molecule has 1 aromatic carbocycles. The van der Waals surface area contributed by atoms with E-state index in [2.05, 4.69) is 0 Å². The summed E-state index contributed by atoms with van der Waals surface area (Å²) in [4.78, 5) is 11.0. The Morgan fingerprint density at radius 3 is 2.30 bits per heavy atom. The van der Waals surface area contributed by atoms with E-state index in [1.54, 1.807) is 7.11 Å². The number of carbonyl (C=O) groups is 1. The van der Waals surface area contributed by atoms with Crippen molar-refractivity contribution in [2.24, 2.45) is 0 Å². The standard InChI is InChI=1S/C14H20O4.C2H6/c1-3-13(15)11-17-8-9-18-14-6-4-12(5-7-14)10-16-2;1-2/h4-7H,3,8-11H2,1-2H3;1-2H3. The summed E-state index contributed by atoms with van der Waals surface area (Å²) in [6, 6.07) is 7.71. The van der Waals surface area contributed by atoms with Gasteiger partial charge in [-0.2, -0.15) is 0 Å². The Morgan fingerprint density at radius 1 is 1.10 bits per heavy atom. The fraction of sp³-hybridized carbons (Fsp3) is 0.562. The number of hydrogen-bond donors (Lipinski definition) is 0. The predicted octanol–water partition coefficient (Wildman–Crippen LogP) is 3.23. The molecular weight excluding hydrogens is 256 g/mol. The highest BCUT2D eigenvalue weighted by molar-refractivity contribution is 5.79. The smallest absolute Gasteiger partial charge is 0.158 e. The third-order valence-corrected chi connectivity index (χ3v) is 2.39. The molecule has 20 heavy (non-hydrogen) atoms. The van der Waals surface area contributed by atoms with Crippen LogP contribution in [0.2, 0.25) is 0 Å². The molecule has 0 aromatic heterocycles. The fourth-order valence-electron chi connectivity index (χ4n) is 1.36. The van der Waals surface area contributed by atoms with Crippen LogP contribution in [0.3, 0.4) is 0 Å². The number of ketones is 1. The second-order valence-corrected chi connectivity index (χ2v) is 3.87. The molecule has 4 heteroatoms. The van der Waals surface area contributed by atoms with E-state index < -0.39 is 0 Å². The van der Waals surface area contributed by atoms with E-state index in [0.29, 0.717) is 26.2 Å². The van der Waals surface area contributed by atoms with Crippen LogP contribution in [0.15, 0.2) is 24.3 Å². The first-order valence-corrected chi connectivity index (χ1v) is 7.06. The van der Waals surface area contributed by atoms with Crippen molar-refractivity contribution in [2.45, 2.75) is 33.8 Å². The molecule has 0 heterocycles. The summed E-state index contributed by atoms with van der Waals surface area (Å²) in [7, 11) is 1.67. The van der Waals surface area contributed by atoms with Crippen LogP contribution in [-0.2, 0) is 20.9 Å². The lowest BCUT2D eigenvalue weighted by molar-refractivity contribution is -0.123. The molecule has 0 aliphatic carbocycles. The highest BCUT2D eigenvalue weighted by Gasteiger charge is 1.98. The molecule has 0 aliphatic heterocycles. The summed E-state index contributed by atoms with van der Waals surface area (Å²) in [5.41, 5.74) is 1.11. The van der Waals surface area contributed by atoms with Crippen LogP contribution in [-0.4, -0.2) is 32.7 Å². The first-order valence-electron chi connectivity index (χ1n) is 7.06. The molecule has 1 rings (SSSR count). The van der Waals surface area contributed by atoms with Crippen molar-refractivity contribution in [1.82, 2.24) is 0 Å². The molecule has 0 saturated heterocycles. The molecule has 0 aliphatic rings. The Bertz CT molecular complexity index is 346. The van der Waals surface area contributed by atoms with Gasteiger partial charge in [0.25, 0.3) is 0 Å². The normalized spacial score (nSPS) is 9.60. The van der Waals surface area contributed by atoms with Crippen molar-refractivity contribution in [2.75, 3.05) is 26.9 Å². The van der Waals surface area contributed by atoms with E-state index in [-0.39, 0.29) is 12.4 Å². The molecule has 114 valence electrons. The minimum absolute atomic E-state index is 0.110. The number of ether oxygens (including phenoxy) is 3. The van der Waals surface area contributed by atoms with Crippen LogP contribution < -0.4 is 4.74 Å². The number of hydrogen-bond acceptors (Lipinski definition) is 4. The van der Waals surface area contributed by atoms with Gasteiger partial charge in [-0.05, 0) is 17.7 Å². The van der Waals surface area contributed by atoms with E-state index >= 15 is 0 Å². The van der Waals surface area contributed by atoms with Gasteiger partial charge in [-0.25, -0.2) is 0 Å². The molecule has 0 radical (unpaired) electrons. The Hall–Kier alpha value is -1.39. The van der Waals surface area contributed by atoms with Crippen molar-refractivity contribution >= 4 is 5.78 Å². The van der Waals surface area contributed by atoms with Crippen LogP contribution in [0.4, 0.5) is 0 Å². The van der Waals surface area contributed by atoms with Gasteiger partial charge >= 0.3 is 0 Å². The number of rotatable bonds is 9. The van der Waals surface area contributed by atoms with Crippen LogP contribution in [0, 0.1) is 0 Å². The lowest BCUT2D eigenvalue weighted by Gasteiger charge is -2.07. The SMILES string of the molecule is CC.CCC(=O)COCCOc1ccc(COC)cc1. The molecular formula is C16H26O4. The zero-order valence-electron chi connectivity index (χ0n) is 13.0. The summed E-state index contributed by atoms with van der Waals surface area (Å²) in [6.07, 6.45) is 0.516. The van der Waals surface area contributed by atoms with Crippen LogP contribution in [0.1, 0.15) is 32.8 Å². The number of benzene rings is 1. The van der Waals surface area contributed by atoms with Crippen LogP contribution in [0.25, 0.3) is 0 Å². The first kappa shape index (κ1) is 18.6. The third kappa shape index (κ3) is 8.67. The van der Waals surface area contributed by atoms with Crippen molar-refractivity contribution in [3.63, 3.8) is 0 Å². The maximum Gasteiger partial charge on any atom is 0.158 e. The Labute approximate surface area is 122 Å². The highest BCUT2D eigenvalue weighted by Crippen LogP contribution is 2.12. The fourth-order valence-corrected chi connectivity index (χ4v) is 1.36. The minimum atomic E-state index is 0.110. The highest BCUT2D eigenvalue weighted by atomic mass is 16.5. The van der Waals surface area contributed by atoms with Crippen molar-refractivity contribution < 1.29 is 19.0 Å². The largest absolute Gasteiger partial charge is 0.491 e. The van der Waals surface area contributed by atoms with E-state index in [1.807, 2.05) is 45.0 Å². The van der Waals surface area contributed by atoms with Gasteiger partial charge in [0.15, 0.2) is 5.78 Å². The topological polar surface area (TPSA) is 44.8 Å². The average Bonchev–Trinajstić information content (AvgIpc) is 2.50. The summed E-state index contributed by atoms with van der Waals surface area (Å²) >= 11 is 0. The van der Waals surface area contributed by atoms with Gasteiger partial charge in [0.2, 0.25) is 0 Å². The second-order valence-electron chi connectivity index (χ2n) is 3.87. The monoisotopic (exact) mass is 282 g/mol. The van der Waals surface area contributed by atoms with Gasteiger partial charge in [0, 0.05) is 13.5 Å². The van der Waals surface area contributed by atoms with E-state index in [0.717, 1.165) is 11.3 Å². The van der Waals surface area contributed by atoms with Crippen LogP contribution >= 0.6 is 0 Å². The number of Topliss-reactive ketones (excluding diaryl/α,β-unsaturated/α-hetero) is 1. The maximum absolute atomic E-state index is 11.0. The molecule has 0 amide bonds. The summed E-state index contributed by atoms with van der Waals surface area (Å²) in [5.74, 6) is 0.902. The molecule has 0 atom stereocenters. The summed E-state index contributed by atoms with van der Waals surface area (Å²) in [6.45, 7) is 7.46. The van der Waals surface area contributed by atoms with Crippen LogP contribution in [0.5, 0.6) is 5.75 Å². The third-order valence-electron chi connectivity index (χ3n) is 2.39. The quantitative estimate of drug-likeness (QED) is 0.652. The van der Waals surface area contributed by atoms with E-state index in [4.69, 9.17) is 14.2 Å². The van der Waals surface area contributed by atoms with E-state index in [9.17, 15) is 4.79 Å². The summed E-state index contributed by atoms with van der Waals surface area (Å²) in [5, 5.41) is 0. The number of carbonyl (C=O) groups excluding carboxylic acids is 1. The van der Waals surface area contributed by atoms with Crippen molar-refractivity contribution in [3.05, 3.63) is 29.8 Å². The van der Waals surface area contributed by atoms with Crippen molar-refractivity contribution in [1.29, 1.82) is 0 Å². The van der Waals surface area contributed by atoms with Gasteiger partial charge in [-0.3, -0.25) is 4.79 Å². The first-order chi connectivity index (χ1) is 9.76. The average molecular weight is 282 g/mol. The van der Waals surface area contributed by atoms with E-state index in [1.165, 1.54) is 0 Å². The molecule has 0 spiro atoms. The lowest BCUT2D eigenvalue weighted by atomic mass is 10.2. The predicted molar refractivity (Wildman–Crippen MR) is 80.1 cm³/mol. The Balaban J connectivity index is 0.00000172. The van der Waals surface area contributed by atoms with Gasteiger partial charge < -0.3 is 14.2 Å². The summed E-state index contributed by atoms with van der Waals surface area (Å²) < 4.78 is 15.7. The zero-order valence-corrected chi connectivity index (χ0v) is 13.0. The lowest BCUT2D eigenvalue weighted by Crippen LogP contribution is -2.12. The van der Waals surface area contributed by atoms with Gasteiger partial charge in [0.1, 0.15) is 19.0 Å². The molecule has 0 fully saturated rings. The second kappa shape index (κ2) is 12.6. The number of methoxy groups -OCH3 is 1. The maximum atomic E-state index is 11.0. The van der Waals surface area contributed by atoms with Gasteiger partial charge in [-0.15, -0.1) is 0 Å². The molecule has 0 unspecified atom stereocenters. The molecule has 0 N–H and O–H groups in total. The zero-order chi connectivity index (χ0) is 15.2. The van der Waals surface area contributed by atoms with Gasteiger partial charge in [0.05, 0.1) is 13.2 Å². The Morgan fingerprint density at radius 2 is 1.75 bits per heavy atom. The minimum Gasteiger partial charge on any atom is -0.491 e. The van der Waals surface area contributed by atoms with Crippen molar-refractivity contribution in [3.8, 4) is 5.75 Å².